The number of nitrogens with zero attached hydrogens (tertiary/aromatic N) is 2. The number of amides is 1. The molecule has 0 unspecified atom stereocenters. The summed E-state index contributed by atoms with van der Waals surface area (Å²) in [7, 11) is 3.08. The van der Waals surface area contributed by atoms with Gasteiger partial charge in [-0.15, -0.1) is 0 Å². The number of methoxy groups -OCH3 is 2. The molecule has 0 aliphatic carbocycles. The SMILES string of the molecule is COc1ccc(NC(=O)CCn2cnc3ccccc3c2=O)cc1OC. The lowest BCUT2D eigenvalue weighted by molar-refractivity contribution is -0.116. The lowest BCUT2D eigenvalue weighted by atomic mass is 10.2. The predicted molar refractivity (Wildman–Crippen MR) is 98.8 cm³/mol. The minimum Gasteiger partial charge on any atom is -0.493 e. The molecule has 0 spiro atoms. The van der Waals surface area contributed by atoms with Crippen LogP contribution in [0, 0.1) is 0 Å². The van der Waals surface area contributed by atoms with E-state index in [9.17, 15) is 9.59 Å². The summed E-state index contributed by atoms with van der Waals surface area (Å²) >= 11 is 0. The Morgan fingerprint density at radius 3 is 2.65 bits per heavy atom. The number of aryl methyl sites for hydroxylation is 1. The third kappa shape index (κ3) is 3.66. The molecule has 3 rings (SSSR count). The smallest absolute Gasteiger partial charge is 0.261 e. The maximum atomic E-state index is 12.4. The summed E-state index contributed by atoms with van der Waals surface area (Å²) in [6.07, 6.45) is 1.61. The van der Waals surface area contributed by atoms with E-state index < -0.39 is 0 Å². The van der Waals surface area contributed by atoms with E-state index in [4.69, 9.17) is 9.47 Å². The van der Waals surface area contributed by atoms with Crippen molar-refractivity contribution in [3.05, 3.63) is 59.1 Å². The van der Waals surface area contributed by atoms with E-state index in [0.717, 1.165) is 0 Å². The Labute approximate surface area is 150 Å². The fraction of sp³-hybridized carbons (Fsp3) is 0.211. The van der Waals surface area contributed by atoms with Crippen LogP contribution in [0.3, 0.4) is 0 Å². The average Bonchev–Trinajstić information content (AvgIpc) is 2.67. The predicted octanol–water partition coefficient (Wildman–Crippen LogP) is 2.44. The van der Waals surface area contributed by atoms with Crippen LogP contribution in [0.2, 0.25) is 0 Å². The molecule has 0 saturated heterocycles. The third-order valence-corrected chi connectivity index (χ3v) is 3.98. The van der Waals surface area contributed by atoms with Crippen molar-refractivity contribution >= 4 is 22.5 Å². The van der Waals surface area contributed by atoms with Crippen molar-refractivity contribution in [1.82, 2.24) is 9.55 Å². The molecule has 0 aliphatic rings. The Morgan fingerprint density at radius 1 is 1.12 bits per heavy atom. The highest BCUT2D eigenvalue weighted by Crippen LogP contribution is 2.29. The van der Waals surface area contributed by atoms with Crippen LogP contribution < -0.4 is 20.3 Å². The first-order valence-electron chi connectivity index (χ1n) is 8.08. The van der Waals surface area contributed by atoms with Gasteiger partial charge in [-0.2, -0.15) is 0 Å². The van der Waals surface area contributed by atoms with E-state index in [1.807, 2.05) is 6.07 Å². The van der Waals surface area contributed by atoms with Gasteiger partial charge in [0.2, 0.25) is 5.91 Å². The molecule has 0 fully saturated rings. The highest BCUT2D eigenvalue weighted by molar-refractivity contribution is 5.91. The number of ether oxygens (including phenoxy) is 2. The fourth-order valence-electron chi connectivity index (χ4n) is 2.62. The third-order valence-electron chi connectivity index (χ3n) is 3.98. The maximum absolute atomic E-state index is 12.4. The van der Waals surface area contributed by atoms with Crippen molar-refractivity contribution in [3.63, 3.8) is 0 Å². The van der Waals surface area contributed by atoms with E-state index in [1.54, 1.807) is 43.5 Å². The minimum atomic E-state index is -0.211. The van der Waals surface area contributed by atoms with Crippen molar-refractivity contribution in [2.24, 2.45) is 0 Å². The van der Waals surface area contributed by atoms with E-state index in [-0.39, 0.29) is 24.4 Å². The number of fused-ring (bicyclic) bond motifs is 1. The van der Waals surface area contributed by atoms with Crippen LogP contribution in [0.4, 0.5) is 5.69 Å². The highest BCUT2D eigenvalue weighted by atomic mass is 16.5. The van der Waals surface area contributed by atoms with E-state index >= 15 is 0 Å². The molecule has 1 heterocycles. The molecule has 0 aliphatic heterocycles. The van der Waals surface area contributed by atoms with Crippen LogP contribution in [-0.2, 0) is 11.3 Å². The molecule has 0 saturated carbocycles. The Bertz CT molecular complexity index is 997. The second-order valence-corrected chi connectivity index (χ2v) is 5.63. The Hall–Kier alpha value is -3.35. The number of anilines is 1. The second-order valence-electron chi connectivity index (χ2n) is 5.63. The van der Waals surface area contributed by atoms with Gasteiger partial charge in [-0.05, 0) is 24.3 Å². The van der Waals surface area contributed by atoms with E-state index in [1.165, 1.54) is 18.0 Å². The summed E-state index contributed by atoms with van der Waals surface area (Å²) in [4.78, 5) is 28.9. The van der Waals surface area contributed by atoms with Gasteiger partial charge in [0.05, 0.1) is 31.4 Å². The van der Waals surface area contributed by atoms with E-state index in [2.05, 4.69) is 10.3 Å². The molecule has 0 atom stereocenters. The first kappa shape index (κ1) is 17.5. The van der Waals surface area contributed by atoms with Gasteiger partial charge < -0.3 is 14.8 Å². The van der Waals surface area contributed by atoms with Crippen molar-refractivity contribution in [2.75, 3.05) is 19.5 Å². The molecule has 0 radical (unpaired) electrons. The average molecular weight is 353 g/mol. The molecule has 134 valence electrons. The van der Waals surface area contributed by atoms with Crippen LogP contribution in [0.5, 0.6) is 11.5 Å². The van der Waals surface area contributed by atoms with Gasteiger partial charge in [-0.1, -0.05) is 12.1 Å². The molecule has 3 aromatic rings. The molecule has 7 nitrogen and oxygen atoms in total. The minimum absolute atomic E-state index is 0.147. The lowest BCUT2D eigenvalue weighted by Gasteiger charge is -2.11. The summed E-state index contributed by atoms with van der Waals surface area (Å²) in [6, 6.07) is 12.3. The van der Waals surface area contributed by atoms with Crippen LogP contribution in [0.15, 0.2) is 53.6 Å². The van der Waals surface area contributed by atoms with Gasteiger partial charge in [0.1, 0.15) is 0 Å². The van der Waals surface area contributed by atoms with Crippen LogP contribution in [0.25, 0.3) is 10.9 Å². The molecule has 7 heteroatoms. The number of para-hydroxylation sites is 1. The van der Waals surface area contributed by atoms with Crippen molar-refractivity contribution in [3.8, 4) is 11.5 Å². The highest BCUT2D eigenvalue weighted by Gasteiger charge is 2.09. The standard InChI is InChI=1S/C19H19N3O4/c1-25-16-8-7-13(11-17(16)26-2)21-18(23)9-10-22-12-20-15-6-4-3-5-14(15)19(22)24/h3-8,11-12H,9-10H2,1-2H3,(H,21,23). The monoisotopic (exact) mass is 353 g/mol. The van der Waals surface area contributed by atoms with Crippen LogP contribution in [-0.4, -0.2) is 29.7 Å². The molecule has 26 heavy (non-hydrogen) atoms. The Balaban J connectivity index is 1.68. The lowest BCUT2D eigenvalue weighted by Crippen LogP contribution is -2.23. The number of hydrogen-bond donors (Lipinski definition) is 1. The summed E-state index contributed by atoms with van der Waals surface area (Å²) < 4.78 is 11.8. The molecular weight excluding hydrogens is 334 g/mol. The first-order chi connectivity index (χ1) is 12.6. The number of rotatable bonds is 6. The number of carbonyl (C=O) groups is 1. The second kappa shape index (κ2) is 7.69. The number of nitrogens with one attached hydrogen (secondary N) is 1. The first-order valence-corrected chi connectivity index (χ1v) is 8.08. The number of hydrogen-bond acceptors (Lipinski definition) is 5. The molecule has 1 N–H and O–H groups in total. The Kier molecular flexibility index (Phi) is 5.17. The summed E-state index contributed by atoms with van der Waals surface area (Å²) in [5.74, 6) is 0.900. The largest absolute Gasteiger partial charge is 0.493 e. The van der Waals surface area contributed by atoms with Crippen molar-refractivity contribution in [2.45, 2.75) is 13.0 Å². The Morgan fingerprint density at radius 2 is 1.88 bits per heavy atom. The maximum Gasteiger partial charge on any atom is 0.261 e. The van der Waals surface area contributed by atoms with Gasteiger partial charge in [0.15, 0.2) is 11.5 Å². The summed E-state index contributed by atoms with van der Waals surface area (Å²) in [5, 5.41) is 3.32. The number of carbonyl (C=O) groups excluding carboxylic acids is 1. The quantitative estimate of drug-likeness (QED) is 0.736. The van der Waals surface area contributed by atoms with Crippen LogP contribution in [0.1, 0.15) is 6.42 Å². The summed E-state index contributed by atoms with van der Waals surface area (Å²) in [5.41, 5.74) is 1.08. The number of benzene rings is 2. The topological polar surface area (TPSA) is 82.5 Å². The molecule has 1 amide bonds. The van der Waals surface area contributed by atoms with Gasteiger partial charge in [-0.3, -0.25) is 14.2 Å². The van der Waals surface area contributed by atoms with Gasteiger partial charge in [0.25, 0.3) is 5.56 Å². The van der Waals surface area contributed by atoms with Gasteiger partial charge >= 0.3 is 0 Å². The zero-order valence-electron chi connectivity index (χ0n) is 14.6. The van der Waals surface area contributed by atoms with E-state index in [0.29, 0.717) is 28.1 Å². The number of aromatic nitrogens is 2. The van der Waals surface area contributed by atoms with Gasteiger partial charge in [0, 0.05) is 24.7 Å². The van der Waals surface area contributed by atoms with Crippen molar-refractivity contribution in [1.29, 1.82) is 0 Å². The normalized spacial score (nSPS) is 10.5. The molecule has 1 aromatic heterocycles. The fourth-order valence-corrected chi connectivity index (χ4v) is 2.62. The molecule has 0 bridgehead atoms. The van der Waals surface area contributed by atoms with Gasteiger partial charge in [-0.25, -0.2) is 4.98 Å². The van der Waals surface area contributed by atoms with Crippen LogP contribution >= 0.6 is 0 Å². The van der Waals surface area contributed by atoms with Crippen molar-refractivity contribution < 1.29 is 14.3 Å². The zero-order chi connectivity index (χ0) is 18.5. The molecular formula is C19H19N3O4. The molecule has 2 aromatic carbocycles. The summed E-state index contributed by atoms with van der Waals surface area (Å²) in [6.45, 7) is 0.246. The zero-order valence-corrected chi connectivity index (χ0v) is 14.6.